The van der Waals surface area contributed by atoms with Gasteiger partial charge in [0.15, 0.2) is 0 Å². The van der Waals surface area contributed by atoms with E-state index in [1.807, 2.05) is 23.1 Å². The quantitative estimate of drug-likeness (QED) is 0.363. The molecule has 0 bridgehead atoms. The van der Waals surface area contributed by atoms with Gasteiger partial charge in [-0.1, -0.05) is 48.0 Å². The highest BCUT2D eigenvalue weighted by Crippen LogP contribution is 2.26. The van der Waals surface area contributed by atoms with E-state index in [2.05, 4.69) is 17.1 Å². The molecule has 172 valence electrons. The Kier molecular flexibility index (Phi) is 10.1. The predicted octanol–water partition coefficient (Wildman–Crippen LogP) is 2.38. The van der Waals surface area contributed by atoms with Gasteiger partial charge in [-0.25, -0.2) is 14.6 Å². The molecule has 32 heavy (non-hydrogen) atoms. The van der Waals surface area contributed by atoms with Crippen molar-refractivity contribution in [1.29, 1.82) is 0 Å². The molecule has 3 rings (SSSR count). The number of carboxylic acid groups (broad SMARTS) is 2. The number of carboxylic acids is 2. The topological polar surface area (TPSA) is 126 Å². The van der Waals surface area contributed by atoms with E-state index in [1.54, 1.807) is 25.3 Å². The normalized spacial score (nSPS) is 17.4. The van der Waals surface area contributed by atoms with E-state index in [9.17, 15) is 4.79 Å². The van der Waals surface area contributed by atoms with Gasteiger partial charge in [0.2, 0.25) is 0 Å². The summed E-state index contributed by atoms with van der Waals surface area (Å²) in [6, 6.07) is 15.2. The van der Waals surface area contributed by atoms with Gasteiger partial charge in [0.25, 0.3) is 5.91 Å². The van der Waals surface area contributed by atoms with E-state index in [0.717, 1.165) is 12.8 Å². The maximum atomic E-state index is 13.0. The molecule has 1 aliphatic heterocycles. The highest BCUT2D eigenvalue weighted by atomic mass is 35.5. The number of likely N-dealkylation sites (tertiary alicyclic amines) is 1. The number of carbonyl (C=O) groups excluding carboxylic acids is 1. The molecule has 10 heteroatoms. The second kappa shape index (κ2) is 12.7. The number of aromatic nitrogens is 1. The highest BCUT2D eigenvalue weighted by molar-refractivity contribution is 6.29. The van der Waals surface area contributed by atoms with Crippen molar-refractivity contribution in [3.63, 3.8) is 0 Å². The number of benzene rings is 1. The van der Waals surface area contributed by atoms with E-state index in [0.29, 0.717) is 30.6 Å². The van der Waals surface area contributed by atoms with Crippen molar-refractivity contribution in [3.05, 3.63) is 64.9 Å². The van der Waals surface area contributed by atoms with Gasteiger partial charge >= 0.3 is 11.9 Å². The Balaban J connectivity index is 0.000000534. The van der Waals surface area contributed by atoms with Crippen LogP contribution >= 0.6 is 11.6 Å². The molecule has 0 spiro atoms. The Hall–Kier alpha value is -3.01. The first-order valence-electron chi connectivity index (χ1n) is 9.87. The Labute approximate surface area is 190 Å². The molecule has 2 atom stereocenters. The number of halogens is 1. The molecule has 1 aromatic heterocycles. The molecule has 1 saturated heterocycles. The molecular formula is C22H25ClN2O7. The number of pyridine rings is 1. The summed E-state index contributed by atoms with van der Waals surface area (Å²) < 4.78 is 11.1. The van der Waals surface area contributed by atoms with Crippen LogP contribution in [-0.4, -0.2) is 77.0 Å². The third kappa shape index (κ3) is 7.60. The van der Waals surface area contributed by atoms with Crippen LogP contribution in [0.15, 0.2) is 48.5 Å². The lowest BCUT2D eigenvalue weighted by atomic mass is 10.0. The van der Waals surface area contributed by atoms with Gasteiger partial charge in [-0.3, -0.25) is 4.79 Å². The number of amides is 1. The first-order chi connectivity index (χ1) is 15.3. The lowest BCUT2D eigenvalue weighted by Gasteiger charge is -2.28. The van der Waals surface area contributed by atoms with Crippen LogP contribution in [0.1, 0.15) is 22.5 Å². The first-order valence-corrected chi connectivity index (χ1v) is 10.3. The summed E-state index contributed by atoms with van der Waals surface area (Å²) in [6.07, 6.45) is 1.52. The lowest BCUT2D eigenvalue weighted by Crippen LogP contribution is -2.42. The van der Waals surface area contributed by atoms with Crippen molar-refractivity contribution in [1.82, 2.24) is 9.88 Å². The van der Waals surface area contributed by atoms with Crippen molar-refractivity contribution < 1.29 is 34.1 Å². The molecule has 2 heterocycles. The third-order valence-corrected chi connectivity index (χ3v) is 4.98. The summed E-state index contributed by atoms with van der Waals surface area (Å²) in [4.78, 5) is 37.2. The molecule has 0 radical (unpaired) electrons. The van der Waals surface area contributed by atoms with E-state index in [-0.39, 0.29) is 18.1 Å². The second-order valence-electron chi connectivity index (χ2n) is 6.90. The average Bonchev–Trinajstić information content (AvgIpc) is 3.17. The molecule has 1 aliphatic rings. The Morgan fingerprint density at radius 1 is 1.06 bits per heavy atom. The van der Waals surface area contributed by atoms with Gasteiger partial charge in [0, 0.05) is 13.7 Å². The van der Waals surface area contributed by atoms with Gasteiger partial charge in [-0.05, 0) is 30.5 Å². The van der Waals surface area contributed by atoms with E-state index < -0.39 is 11.9 Å². The zero-order valence-electron chi connectivity index (χ0n) is 17.5. The molecule has 2 aromatic rings. The van der Waals surface area contributed by atoms with Crippen LogP contribution in [0, 0.1) is 0 Å². The van der Waals surface area contributed by atoms with Crippen LogP contribution in [0.5, 0.6) is 0 Å². The van der Waals surface area contributed by atoms with Crippen LogP contribution < -0.4 is 0 Å². The van der Waals surface area contributed by atoms with Crippen LogP contribution in [0.25, 0.3) is 0 Å². The third-order valence-electron chi connectivity index (χ3n) is 4.77. The minimum Gasteiger partial charge on any atom is -0.473 e. The minimum absolute atomic E-state index is 0.0199. The minimum atomic E-state index is -1.82. The summed E-state index contributed by atoms with van der Waals surface area (Å²) in [5.74, 6) is -3.75. The van der Waals surface area contributed by atoms with Crippen molar-refractivity contribution in [2.24, 2.45) is 0 Å². The molecule has 2 N–H and O–H groups in total. The molecular weight excluding hydrogens is 440 g/mol. The number of nitrogens with zero attached hydrogens (tertiary/aromatic N) is 2. The Morgan fingerprint density at radius 3 is 2.34 bits per heavy atom. The summed E-state index contributed by atoms with van der Waals surface area (Å²) in [5, 5.41) is 15.1. The average molecular weight is 465 g/mol. The zero-order chi connectivity index (χ0) is 23.5. The van der Waals surface area contributed by atoms with Gasteiger partial charge in [0.05, 0.1) is 25.4 Å². The zero-order valence-corrected chi connectivity index (χ0v) is 18.3. The number of hydrogen-bond acceptors (Lipinski definition) is 6. The van der Waals surface area contributed by atoms with E-state index >= 15 is 0 Å². The standard InChI is InChI=1S/C20H23ClN2O3.C2H2O4/c1-25-12-13-26-18-10-11-23(17(18)14-15-6-3-2-4-7-15)20(24)16-8-5-9-19(21)22-16;3-1(4)2(5)6/h2-9,17-18H,10-14H2,1H3;(H,3,4)(H,5,6)/t17-,18+;/m0./s1. The van der Waals surface area contributed by atoms with Gasteiger partial charge in [-0.15, -0.1) is 0 Å². The number of ether oxygens (including phenoxy) is 2. The van der Waals surface area contributed by atoms with Crippen LogP contribution in [-0.2, 0) is 25.5 Å². The summed E-state index contributed by atoms with van der Waals surface area (Å²) >= 11 is 5.95. The van der Waals surface area contributed by atoms with Crippen LogP contribution in [0.2, 0.25) is 5.15 Å². The van der Waals surface area contributed by atoms with Crippen molar-refractivity contribution in [2.45, 2.75) is 25.0 Å². The monoisotopic (exact) mass is 464 g/mol. The molecule has 1 aromatic carbocycles. The Morgan fingerprint density at radius 2 is 1.75 bits per heavy atom. The second-order valence-corrected chi connectivity index (χ2v) is 7.29. The number of methoxy groups -OCH3 is 1. The number of rotatable bonds is 7. The molecule has 0 saturated carbocycles. The van der Waals surface area contributed by atoms with Gasteiger partial charge < -0.3 is 24.6 Å². The Bertz CT molecular complexity index is 898. The summed E-state index contributed by atoms with van der Waals surface area (Å²) in [5.41, 5.74) is 1.55. The fourth-order valence-electron chi connectivity index (χ4n) is 3.33. The molecule has 1 amide bonds. The van der Waals surface area contributed by atoms with Crippen molar-refractivity contribution in [3.8, 4) is 0 Å². The molecule has 0 unspecified atom stereocenters. The van der Waals surface area contributed by atoms with Crippen molar-refractivity contribution >= 4 is 29.4 Å². The highest BCUT2D eigenvalue weighted by Gasteiger charge is 2.38. The largest absolute Gasteiger partial charge is 0.473 e. The maximum absolute atomic E-state index is 13.0. The fraction of sp³-hybridized carbons (Fsp3) is 0.364. The van der Waals surface area contributed by atoms with Crippen molar-refractivity contribution in [2.75, 3.05) is 26.9 Å². The fourth-order valence-corrected chi connectivity index (χ4v) is 3.49. The van der Waals surface area contributed by atoms with E-state index in [4.69, 9.17) is 40.9 Å². The molecule has 0 aliphatic carbocycles. The molecule has 1 fully saturated rings. The smallest absolute Gasteiger partial charge is 0.414 e. The number of hydrogen-bond donors (Lipinski definition) is 2. The molecule has 9 nitrogen and oxygen atoms in total. The maximum Gasteiger partial charge on any atom is 0.414 e. The summed E-state index contributed by atoms with van der Waals surface area (Å²) in [7, 11) is 1.65. The number of carbonyl (C=O) groups is 3. The first kappa shape index (κ1) is 25.3. The number of aliphatic carboxylic acids is 2. The van der Waals surface area contributed by atoms with Gasteiger partial charge in [0.1, 0.15) is 10.8 Å². The predicted molar refractivity (Wildman–Crippen MR) is 116 cm³/mol. The summed E-state index contributed by atoms with van der Waals surface area (Å²) in [6.45, 7) is 1.70. The van der Waals surface area contributed by atoms with Gasteiger partial charge in [-0.2, -0.15) is 0 Å². The van der Waals surface area contributed by atoms with Crippen LogP contribution in [0.4, 0.5) is 0 Å². The lowest BCUT2D eigenvalue weighted by molar-refractivity contribution is -0.159. The SMILES string of the molecule is COCCO[C@@H]1CCN(C(=O)c2cccc(Cl)n2)[C@H]1Cc1ccccc1.O=C(O)C(=O)O. The van der Waals surface area contributed by atoms with E-state index in [1.165, 1.54) is 5.56 Å². The van der Waals surface area contributed by atoms with Crippen LogP contribution in [0.3, 0.4) is 0 Å².